The van der Waals surface area contributed by atoms with Gasteiger partial charge >= 0.3 is 0 Å². The lowest BCUT2D eigenvalue weighted by molar-refractivity contribution is 0.0800. The predicted molar refractivity (Wildman–Crippen MR) is 238 cm³/mol. The van der Waals surface area contributed by atoms with Crippen LogP contribution in [-0.4, -0.2) is 32.8 Å². The number of methoxy groups -OCH3 is 1. The third-order valence-corrected chi connectivity index (χ3v) is 11.4. The Kier molecular flexibility index (Phi) is 8.36. The largest absolute Gasteiger partial charge is 0.497 e. The smallest absolute Gasteiger partial charge is 0.184 e. The Balaban J connectivity index is 1.32. The predicted octanol–water partition coefficient (Wildman–Crippen LogP) is 12.4. The molecule has 59 heavy (non-hydrogen) atoms. The molecule has 0 amide bonds. The van der Waals surface area contributed by atoms with E-state index in [1.165, 1.54) is 0 Å². The van der Waals surface area contributed by atoms with Crippen molar-refractivity contribution in [2.75, 3.05) is 7.11 Å². The third kappa shape index (κ3) is 5.94. The summed E-state index contributed by atoms with van der Waals surface area (Å²) in [5.74, 6) is 0.447. The summed E-state index contributed by atoms with van der Waals surface area (Å²) in [5, 5.41) is 4.87. The van der Waals surface area contributed by atoms with E-state index in [1.807, 2.05) is 48.5 Å². The zero-order valence-electron chi connectivity index (χ0n) is 32.1. The molecule has 0 radical (unpaired) electrons. The van der Waals surface area contributed by atoms with Gasteiger partial charge in [-0.3, -0.25) is 4.98 Å². The quantitative estimate of drug-likeness (QED) is 0.176. The number of benzene rings is 5. The number of oxime groups is 1. The summed E-state index contributed by atoms with van der Waals surface area (Å²) in [6.07, 6.45) is 3.76. The molecule has 0 aliphatic carbocycles. The van der Waals surface area contributed by atoms with Crippen molar-refractivity contribution in [1.82, 2.24) is 19.9 Å². The Hall–Kier alpha value is -7.77. The molecule has 0 fully saturated rings. The van der Waals surface area contributed by atoms with E-state index in [1.54, 1.807) is 7.11 Å². The number of aromatic nitrogens is 4. The zero-order valence-corrected chi connectivity index (χ0v) is 32.1. The van der Waals surface area contributed by atoms with Gasteiger partial charge in [0.2, 0.25) is 0 Å². The molecule has 282 valence electrons. The molecule has 7 heteroatoms. The highest BCUT2D eigenvalue weighted by Gasteiger charge is 2.46. The lowest BCUT2D eigenvalue weighted by Crippen LogP contribution is -2.13. The molecule has 3 aliphatic rings. The molecular weight excluding hydrogens is 727 g/mol. The fourth-order valence-corrected chi connectivity index (χ4v) is 8.72. The van der Waals surface area contributed by atoms with E-state index in [-0.39, 0.29) is 5.92 Å². The summed E-state index contributed by atoms with van der Waals surface area (Å²) in [7, 11) is 1.68. The van der Waals surface area contributed by atoms with Crippen LogP contribution in [-0.2, 0) is 4.84 Å². The molecule has 8 bridgehead atoms. The Labute approximate surface area is 341 Å². The minimum atomic E-state index is -0.504. The molecule has 2 atom stereocenters. The minimum Gasteiger partial charge on any atom is -0.497 e. The number of rotatable bonds is 6. The molecule has 0 saturated carbocycles. The Morgan fingerprint density at radius 1 is 0.441 bits per heavy atom. The van der Waals surface area contributed by atoms with Gasteiger partial charge in [0.1, 0.15) is 11.5 Å². The van der Waals surface area contributed by atoms with Crippen molar-refractivity contribution in [1.29, 1.82) is 0 Å². The number of ether oxygens (including phenoxy) is 1. The van der Waals surface area contributed by atoms with Gasteiger partial charge in [0.25, 0.3) is 0 Å². The maximum atomic E-state index is 6.59. The van der Waals surface area contributed by atoms with Crippen molar-refractivity contribution in [3.05, 3.63) is 198 Å². The van der Waals surface area contributed by atoms with Crippen molar-refractivity contribution in [3.8, 4) is 50.3 Å². The van der Waals surface area contributed by atoms with Crippen LogP contribution >= 0.6 is 0 Å². The van der Waals surface area contributed by atoms with Crippen LogP contribution in [0.25, 0.3) is 78.7 Å². The van der Waals surface area contributed by atoms with Gasteiger partial charge in [-0.05, 0) is 82.9 Å². The number of nitrogens with one attached hydrogen (secondary N) is 2. The van der Waals surface area contributed by atoms with Crippen LogP contribution in [0.15, 0.2) is 175 Å². The van der Waals surface area contributed by atoms with Crippen LogP contribution in [0.5, 0.6) is 5.75 Å². The van der Waals surface area contributed by atoms with Crippen LogP contribution in [0.4, 0.5) is 0 Å². The standard InChI is InChI=1S/C52H37N5O2/c1-58-37-24-22-36(23-25-37)49-48-50-46(34-18-10-4-11-19-34)42-30-28-40(54-42)44(32-14-6-2-7-15-32)38-26-27-39(53-38)45(33-16-8-3-9-17-33)41-29-31-43(55-41)47(35-20-12-5-13-21-35)51(56-50)52(48)59-57-49/h2-31,48,52,54-55H,1H3. The number of hydrogen-bond donors (Lipinski definition) is 2. The van der Waals surface area contributed by atoms with Gasteiger partial charge in [-0.2, -0.15) is 0 Å². The van der Waals surface area contributed by atoms with E-state index in [4.69, 9.17) is 24.7 Å². The summed E-state index contributed by atoms with van der Waals surface area (Å²) < 4.78 is 5.54. The molecule has 3 aliphatic heterocycles. The summed E-state index contributed by atoms with van der Waals surface area (Å²) in [6.45, 7) is 0. The Morgan fingerprint density at radius 3 is 1.32 bits per heavy atom. The van der Waals surface area contributed by atoms with Crippen molar-refractivity contribution < 1.29 is 9.57 Å². The third-order valence-electron chi connectivity index (χ3n) is 11.4. The second-order valence-electron chi connectivity index (χ2n) is 14.8. The SMILES string of the molecule is COc1ccc(C2=NOC3c4nc(c(-c5ccccc5)c5ccc([nH]5)c(-c5ccccc5)c5nc(c(-c6ccccc6)c6ccc([nH]6)c4-c4ccccc4)C=C5)C23)cc1. The van der Waals surface area contributed by atoms with E-state index >= 15 is 0 Å². The highest BCUT2D eigenvalue weighted by atomic mass is 16.6. The number of H-pyrrole nitrogens is 2. The Morgan fingerprint density at radius 2 is 0.864 bits per heavy atom. The van der Waals surface area contributed by atoms with Crippen molar-refractivity contribution in [2.45, 2.75) is 12.0 Å². The van der Waals surface area contributed by atoms with Gasteiger partial charge in [0.05, 0.1) is 35.8 Å². The van der Waals surface area contributed by atoms with Crippen LogP contribution in [0.1, 0.15) is 40.4 Å². The average Bonchev–Trinajstić information content (AvgIpc) is 4.16. The normalized spacial score (nSPS) is 15.4. The highest BCUT2D eigenvalue weighted by Crippen LogP contribution is 2.51. The fourth-order valence-electron chi connectivity index (χ4n) is 8.72. The maximum Gasteiger partial charge on any atom is 0.184 e. The number of nitrogens with zero attached hydrogens (tertiary/aromatic N) is 3. The zero-order chi connectivity index (χ0) is 39.3. The van der Waals surface area contributed by atoms with Crippen LogP contribution < -0.4 is 4.74 Å². The molecule has 8 aromatic rings. The van der Waals surface area contributed by atoms with E-state index in [2.05, 4.69) is 143 Å². The van der Waals surface area contributed by atoms with Gasteiger partial charge in [-0.1, -0.05) is 126 Å². The topological polar surface area (TPSA) is 88.2 Å². The fraction of sp³-hybridized carbons (Fsp3) is 0.0577. The molecule has 0 spiro atoms. The molecule has 2 unspecified atom stereocenters. The molecule has 3 aromatic heterocycles. The van der Waals surface area contributed by atoms with Gasteiger partial charge in [-0.25, -0.2) is 4.98 Å². The van der Waals surface area contributed by atoms with Crippen LogP contribution in [0, 0.1) is 0 Å². The highest BCUT2D eigenvalue weighted by molar-refractivity contribution is 6.08. The molecule has 2 N–H and O–H groups in total. The lowest BCUT2D eigenvalue weighted by atomic mass is 9.85. The molecule has 0 saturated heterocycles. The first-order valence-corrected chi connectivity index (χ1v) is 19.8. The van der Waals surface area contributed by atoms with Gasteiger partial charge in [0, 0.05) is 49.9 Å². The number of hydrogen-bond acceptors (Lipinski definition) is 5. The van der Waals surface area contributed by atoms with E-state index < -0.39 is 6.10 Å². The molecular formula is C52H37N5O2. The van der Waals surface area contributed by atoms with E-state index in [9.17, 15) is 0 Å². The van der Waals surface area contributed by atoms with E-state index in [0.29, 0.717) is 0 Å². The molecule has 6 heterocycles. The van der Waals surface area contributed by atoms with Gasteiger partial charge < -0.3 is 19.5 Å². The van der Waals surface area contributed by atoms with Crippen LogP contribution in [0.3, 0.4) is 0 Å². The van der Waals surface area contributed by atoms with Gasteiger partial charge in [0.15, 0.2) is 6.10 Å². The first-order chi connectivity index (χ1) is 29.2. The minimum absolute atomic E-state index is 0.327. The molecule has 7 nitrogen and oxygen atoms in total. The second-order valence-corrected chi connectivity index (χ2v) is 14.8. The van der Waals surface area contributed by atoms with Crippen molar-refractivity contribution >= 4 is 39.9 Å². The second kappa shape index (κ2) is 14.3. The summed E-state index contributed by atoms with van der Waals surface area (Å²) in [6, 6.07) is 58.5. The Bertz CT molecular complexity index is 3100. The number of fused-ring (bicyclic) bond motifs is 11. The van der Waals surface area contributed by atoms with Crippen LogP contribution in [0.2, 0.25) is 0 Å². The van der Waals surface area contributed by atoms with Crippen molar-refractivity contribution in [2.24, 2.45) is 5.16 Å². The first kappa shape index (κ1) is 34.5. The lowest BCUT2D eigenvalue weighted by Gasteiger charge is -2.15. The van der Waals surface area contributed by atoms with Gasteiger partial charge in [-0.15, -0.1) is 0 Å². The molecule has 11 rings (SSSR count). The summed E-state index contributed by atoms with van der Waals surface area (Å²) in [4.78, 5) is 25.5. The summed E-state index contributed by atoms with van der Waals surface area (Å²) in [5.41, 5.74) is 17.0. The maximum absolute atomic E-state index is 6.59. The van der Waals surface area contributed by atoms with Crippen molar-refractivity contribution in [3.63, 3.8) is 0 Å². The van der Waals surface area contributed by atoms with E-state index in [0.717, 1.165) is 106 Å². The summed E-state index contributed by atoms with van der Waals surface area (Å²) >= 11 is 0. The molecule has 5 aromatic carbocycles. The monoisotopic (exact) mass is 763 g/mol. The number of aromatic amines is 2. The average molecular weight is 764 g/mol. The first-order valence-electron chi connectivity index (χ1n) is 19.8.